The fourth-order valence-electron chi connectivity index (χ4n) is 22.3. The van der Waals surface area contributed by atoms with Crippen LogP contribution in [0.5, 0.6) is 0 Å². The summed E-state index contributed by atoms with van der Waals surface area (Å²) in [6, 6.07) is 38.9. The molecule has 24 rings (SSSR count). The van der Waals surface area contributed by atoms with Crippen LogP contribution in [0.2, 0.25) is 10.3 Å². The smallest absolute Gasteiger partial charge is 0.143 e. The van der Waals surface area contributed by atoms with Crippen molar-refractivity contribution >= 4 is 186 Å². The first-order valence-corrected chi connectivity index (χ1v) is 47.8. The molecule has 4 aliphatic carbocycles. The van der Waals surface area contributed by atoms with E-state index in [1.165, 1.54) is 19.0 Å². The van der Waals surface area contributed by atoms with Crippen molar-refractivity contribution in [3.05, 3.63) is 245 Å². The molecule has 0 bridgehead atoms. The summed E-state index contributed by atoms with van der Waals surface area (Å²) in [5.74, 6) is 0.907. The Kier molecular flexibility index (Phi) is 23.3. The highest BCUT2D eigenvalue weighted by Gasteiger charge is 2.61. The number of nitrogens with one attached hydrogen (secondary N) is 1. The second-order valence-corrected chi connectivity index (χ2v) is 41.3. The third-order valence-electron chi connectivity index (χ3n) is 29.6. The maximum absolute atomic E-state index is 11.2. The van der Waals surface area contributed by atoms with E-state index in [1.54, 1.807) is 6.33 Å². The van der Waals surface area contributed by atoms with Gasteiger partial charge >= 0.3 is 0 Å². The Hall–Kier alpha value is -9.38. The summed E-state index contributed by atoms with van der Waals surface area (Å²) in [6.45, 7) is 9.55. The first kappa shape index (κ1) is 89.2. The number of pyridine rings is 4. The summed E-state index contributed by atoms with van der Waals surface area (Å²) in [4.78, 5) is 52.7. The Morgan fingerprint density at radius 1 is 0.348 bits per heavy atom. The lowest BCUT2D eigenvalue weighted by molar-refractivity contribution is -0.0309. The quantitative estimate of drug-likeness (QED) is 0.0629. The average Bonchev–Trinajstić information content (AvgIpc) is 1.59. The Morgan fingerprint density at radius 2 is 0.629 bits per heavy atom. The number of fused-ring (bicyclic) bond motifs is 8. The van der Waals surface area contributed by atoms with Gasteiger partial charge in [0.2, 0.25) is 0 Å². The van der Waals surface area contributed by atoms with Crippen molar-refractivity contribution in [3.8, 4) is 0 Å². The van der Waals surface area contributed by atoms with E-state index < -0.39 is 70.5 Å². The number of halogens is 6. The summed E-state index contributed by atoms with van der Waals surface area (Å²) in [7, 11) is 0. The van der Waals surface area contributed by atoms with E-state index in [0.29, 0.717) is 93.3 Å². The van der Waals surface area contributed by atoms with Crippen LogP contribution in [0.4, 0.5) is 11.6 Å². The number of nitrogens with two attached hydrogens (primary N) is 2. The number of ether oxygens (including phenoxy) is 3. The van der Waals surface area contributed by atoms with Gasteiger partial charge in [0, 0.05) is 102 Å². The predicted octanol–water partition coefficient (Wildman–Crippen LogP) is 15.5. The van der Waals surface area contributed by atoms with Gasteiger partial charge in [-0.3, -0.25) is 0 Å². The van der Waals surface area contributed by atoms with E-state index in [4.69, 9.17) is 48.9 Å². The maximum atomic E-state index is 11.2. The summed E-state index contributed by atoms with van der Waals surface area (Å²) in [6.07, 6.45) is 11.3. The van der Waals surface area contributed by atoms with Gasteiger partial charge in [0.15, 0.2) is 0 Å². The molecule has 4 spiro atoms. The Balaban J connectivity index is 0.000000106. The molecule has 30 nitrogen and oxygen atoms in total. The molecule has 16 heterocycles. The molecule has 0 amide bonds. The van der Waals surface area contributed by atoms with E-state index in [9.17, 15) is 40.9 Å². The van der Waals surface area contributed by atoms with Gasteiger partial charge in [0.1, 0.15) is 94.3 Å². The molecule has 680 valence electrons. The fourth-order valence-corrected chi connectivity index (χ4v) is 23.9. The molecule has 16 aromatic rings. The van der Waals surface area contributed by atoms with E-state index in [-0.39, 0.29) is 48.5 Å². The average molecular weight is 2080 g/mol. The van der Waals surface area contributed by atoms with Gasteiger partial charge in [0.25, 0.3) is 0 Å². The lowest BCUT2D eigenvalue weighted by atomic mass is 9.80. The molecule has 4 saturated carbocycles. The molecular formula is C96H93Br4Cl2N19O11. The highest BCUT2D eigenvalue weighted by atomic mass is 79.9. The number of hydrogen-bond donors (Lipinski definition) is 11. The number of aliphatic hydroxyl groups excluding tert-OH is 8. The molecule has 20 atom stereocenters. The molecule has 13 N–H and O–H groups in total. The van der Waals surface area contributed by atoms with Crippen LogP contribution in [0.3, 0.4) is 0 Å². The molecule has 20 unspecified atom stereocenters. The minimum absolute atomic E-state index is 0.0626. The molecule has 8 aliphatic rings. The molecule has 4 aliphatic heterocycles. The number of nitrogen functional groups attached to an aromatic ring is 2. The topological polar surface area (TPSA) is 428 Å². The zero-order valence-electron chi connectivity index (χ0n) is 71.8. The number of benzene rings is 4. The standard InChI is InChI=1S/2C24H22BrClN4O3.C24H25BrN6O2.C24H24BrN5O3/c2*1-12-15-4-5-30(23(15)28-11-27-12)18-8-24(21(32)20(18)31)9-19(33-10-24)14-3-2-13-6-16(25)22(26)29-17(13)7-14;1-12-15-4-5-31(23(15)29-11-28-12)19-9-24(21(33)20(19)32)8-18(27-10-24)14-3-2-13-6-16(25)22(26)30-17(13)7-14;1-12-15-4-5-30(23(15)28-11-27-12)18-8-24(21(32)20(18)31)9-19(33-10-24)14-3-2-13-6-16(25)22(26)29-17(13)7-14/h2*2-7,11,18-21,31-32H,8-10H2,1H3;2-7,11,18-21,27,32-33H,8-10H2,1H3,(H2,26,30);2-7,11,18-21,31-32H,8-10H2,1H3,(H2,26,29). The number of aromatic nitrogens is 16. The van der Waals surface area contributed by atoms with Crippen molar-refractivity contribution in [2.24, 2.45) is 21.7 Å². The third-order valence-corrected chi connectivity index (χ3v) is 33.1. The van der Waals surface area contributed by atoms with Gasteiger partial charge in [-0.05, 0) is 238 Å². The van der Waals surface area contributed by atoms with Crippen molar-refractivity contribution in [2.45, 2.75) is 176 Å². The van der Waals surface area contributed by atoms with Crippen molar-refractivity contribution in [2.75, 3.05) is 37.8 Å². The van der Waals surface area contributed by atoms with Crippen LogP contribution in [0.1, 0.15) is 145 Å². The monoisotopic (exact) mass is 2070 g/mol. The molecule has 8 fully saturated rings. The van der Waals surface area contributed by atoms with E-state index >= 15 is 0 Å². The number of nitrogens with zero attached hydrogens (tertiary/aromatic N) is 16. The Morgan fingerprint density at radius 3 is 0.955 bits per heavy atom. The summed E-state index contributed by atoms with van der Waals surface area (Å²) in [5.41, 5.74) is 23.9. The third kappa shape index (κ3) is 15.4. The minimum atomic E-state index is -0.910. The molecular weight excluding hydrogens is 1990 g/mol. The van der Waals surface area contributed by atoms with Gasteiger partial charge in [0.05, 0.1) is 149 Å². The molecule has 4 aromatic carbocycles. The van der Waals surface area contributed by atoms with E-state index in [0.717, 1.165) is 157 Å². The van der Waals surface area contributed by atoms with Crippen LogP contribution < -0.4 is 16.8 Å². The number of rotatable bonds is 8. The zero-order chi connectivity index (χ0) is 91.6. The van der Waals surface area contributed by atoms with E-state index in [1.807, 2.05) is 180 Å². The zero-order valence-corrected chi connectivity index (χ0v) is 79.6. The van der Waals surface area contributed by atoms with Crippen molar-refractivity contribution in [1.29, 1.82) is 0 Å². The van der Waals surface area contributed by atoms with Crippen molar-refractivity contribution < 1.29 is 55.1 Å². The molecule has 0 radical (unpaired) electrons. The van der Waals surface area contributed by atoms with Crippen LogP contribution in [0.15, 0.2) is 189 Å². The van der Waals surface area contributed by atoms with Crippen molar-refractivity contribution in [1.82, 2.24) is 83.4 Å². The van der Waals surface area contributed by atoms with Crippen LogP contribution >= 0.6 is 86.9 Å². The largest absolute Gasteiger partial charge is 0.390 e. The molecule has 132 heavy (non-hydrogen) atoms. The number of anilines is 2. The van der Waals surface area contributed by atoms with Crippen LogP contribution in [0, 0.1) is 49.4 Å². The SMILES string of the molecule is Cc1ncnc2c1ccn2C1CC2(CNC(c3ccc4cc(Br)c(N)nc4c3)C2)C(O)C1O.Cc1ncnc2c1ccn2C1CC2(COC(c3ccc4cc(Br)c(Cl)nc4c3)C2)C(O)C1O.Cc1ncnc2c1ccn2C1CC2(COC(c3ccc4cc(Br)c(Cl)nc4c3)C2)C(O)C1O.Cc1ncnc2c1ccn2C1CC2(COC(c3ccc4cc(Br)c(N)nc4c3)C2)C(O)C1O. The van der Waals surface area contributed by atoms with Crippen LogP contribution in [0.25, 0.3) is 87.7 Å². The lowest BCUT2D eigenvalue weighted by Crippen LogP contribution is -2.38. The molecule has 4 saturated heterocycles. The van der Waals surface area contributed by atoms with Gasteiger partial charge in [-0.1, -0.05) is 71.7 Å². The second-order valence-electron chi connectivity index (χ2n) is 37.1. The normalized spacial score (nSPS) is 29.6. The number of aryl methyl sites for hydroxylation is 4. The summed E-state index contributed by atoms with van der Waals surface area (Å²) < 4.78 is 29.6. The van der Waals surface area contributed by atoms with Gasteiger partial charge in [-0.15, -0.1) is 0 Å². The Labute approximate surface area is 799 Å². The molecule has 36 heteroatoms. The Bertz CT molecular complexity index is 6420. The highest BCUT2D eigenvalue weighted by molar-refractivity contribution is 9.11. The maximum Gasteiger partial charge on any atom is 0.143 e. The van der Waals surface area contributed by atoms with Crippen LogP contribution in [-0.2, 0) is 14.2 Å². The first-order valence-electron chi connectivity index (χ1n) is 43.8. The predicted molar refractivity (Wildman–Crippen MR) is 513 cm³/mol. The lowest BCUT2D eigenvalue weighted by Gasteiger charge is -2.27. The first-order chi connectivity index (χ1) is 63.4. The van der Waals surface area contributed by atoms with Crippen LogP contribution in [-0.4, -0.2) is 194 Å². The van der Waals surface area contributed by atoms with Gasteiger partial charge in [-0.2, -0.15) is 0 Å². The molecule has 12 aromatic heterocycles. The number of aliphatic hydroxyl groups is 8. The highest BCUT2D eigenvalue weighted by Crippen LogP contribution is 2.60. The summed E-state index contributed by atoms with van der Waals surface area (Å²) >= 11 is 26.1. The van der Waals surface area contributed by atoms with E-state index in [2.05, 4.69) is 141 Å². The fraction of sp³-hybridized carbons (Fsp3) is 0.375. The van der Waals surface area contributed by atoms with Gasteiger partial charge in [-0.25, -0.2) is 59.8 Å². The van der Waals surface area contributed by atoms with Crippen molar-refractivity contribution in [3.63, 3.8) is 0 Å². The summed E-state index contributed by atoms with van der Waals surface area (Å²) in [5, 5.41) is 101. The second kappa shape index (κ2) is 34.5. The minimum Gasteiger partial charge on any atom is -0.390 e. The number of hydrogen-bond acceptors (Lipinski definition) is 26. The van der Waals surface area contributed by atoms with Gasteiger partial charge < -0.3 is 90.1 Å².